The molecule has 1 atom stereocenters. The number of nitrogens with one attached hydrogen (secondary N) is 1. The molecule has 1 aliphatic rings. The van der Waals surface area contributed by atoms with Crippen LogP contribution in [0, 0.1) is 5.82 Å². The highest BCUT2D eigenvalue weighted by molar-refractivity contribution is 5.76. The van der Waals surface area contributed by atoms with Crippen LogP contribution in [0.3, 0.4) is 0 Å². The van der Waals surface area contributed by atoms with E-state index in [-0.39, 0.29) is 24.6 Å². The standard InChI is InChI=1S/C17H18F4N4O2/c18-12-3-1-11(2-4-12)10-25-16(27)24-8-7-13(5-6-14(24)23-25)22-15(26)9-17(19,20)21/h1-4,13H,5-10H2,(H,22,26). The minimum atomic E-state index is -4.55. The van der Waals surface area contributed by atoms with Gasteiger partial charge in [-0.25, -0.2) is 13.9 Å². The molecule has 1 amide bonds. The zero-order valence-corrected chi connectivity index (χ0v) is 14.3. The van der Waals surface area contributed by atoms with Crippen molar-refractivity contribution in [1.82, 2.24) is 19.7 Å². The lowest BCUT2D eigenvalue weighted by molar-refractivity contribution is -0.154. The smallest absolute Gasteiger partial charge is 0.353 e. The maximum Gasteiger partial charge on any atom is 0.397 e. The van der Waals surface area contributed by atoms with Crippen LogP contribution in [0.15, 0.2) is 29.1 Å². The van der Waals surface area contributed by atoms with Gasteiger partial charge in [0.1, 0.15) is 18.1 Å². The third-order valence-electron chi connectivity index (χ3n) is 4.39. The van der Waals surface area contributed by atoms with Crippen LogP contribution >= 0.6 is 0 Å². The van der Waals surface area contributed by atoms with E-state index in [1.54, 1.807) is 12.1 Å². The van der Waals surface area contributed by atoms with E-state index in [0.29, 0.717) is 25.1 Å². The van der Waals surface area contributed by atoms with Crippen molar-refractivity contribution in [1.29, 1.82) is 0 Å². The fraction of sp³-hybridized carbons (Fsp3) is 0.471. The number of hydrogen-bond acceptors (Lipinski definition) is 3. The van der Waals surface area contributed by atoms with Gasteiger partial charge in [-0.2, -0.15) is 18.3 Å². The van der Waals surface area contributed by atoms with Crippen molar-refractivity contribution in [2.45, 2.75) is 51.0 Å². The van der Waals surface area contributed by atoms with Crippen molar-refractivity contribution in [3.8, 4) is 0 Å². The molecule has 1 aromatic heterocycles. The summed E-state index contributed by atoms with van der Waals surface area (Å²) in [7, 11) is 0. The van der Waals surface area contributed by atoms with Gasteiger partial charge in [0.2, 0.25) is 5.91 Å². The molecule has 10 heteroatoms. The molecule has 0 saturated heterocycles. The largest absolute Gasteiger partial charge is 0.397 e. The summed E-state index contributed by atoms with van der Waals surface area (Å²) in [5.41, 5.74) is 0.389. The average Bonchev–Trinajstić information content (AvgIpc) is 2.73. The van der Waals surface area contributed by atoms with E-state index in [9.17, 15) is 27.2 Å². The zero-order chi connectivity index (χ0) is 19.6. The lowest BCUT2D eigenvalue weighted by atomic mass is 10.1. The molecule has 0 bridgehead atoms. The molecule has 3 rings (SSSR count). The molecule has 2 aromatic rings. The average molecular weight is 386 g/mol. The van der Waals surface area contributed by atoms with E-state index >= 15 is 0 Å². The van der Waals surface area contributed by atoms with Crippen LogP contribution in [-0.2, 0) is 24.3 Å². The molecule has 27 heavy (non-hydrogen) atoms. The first-order valence-corrected chi connectivity index (χ1v) is 8.48. The van der Waals surface area contributed by atoms with Gasteiger partial charge < -0.3 is 5.32 Å². The van der Waals surface area contributed by atoms with Gasteiger partial charge in [0, 0.05) is 19.0 Å². The van der Waals surface area contributed by atoms with Gasteiger partial charge in [-0.15, -0.1) is 0 Å². The molecule has 1 aliphatic heterocycles. The molecule has 0 aliphatic carbocycles. The Balaban J connectivity index is 1.65. The van der Waals surface area contributed by atoms with E-state index in [0.717, 1.165) is 5.56 Å². The van der Waals surface area contributed by atoms with Crippen molar-refractivity contribution in [3.05, 3.63) is 52.0 Å². The predicted molar refractivity (Wildman–Crippen MR) is 87.5 cm³/mol. The van der Waals surface area contributed by atoms with Crippen molar-refractivity contribution < 1.29 is 22.4 Å². The van der Waals surface area contributed by atoms with Gasteiger partial charge in [0.15, 0.2) is 0 Å². The van der Waals surface area contributed by atoms with Gasteiger partial charge in [-0.1, -0.05) is 12.1 Å². The first kappa shape index (κ1) is 19.1. The Morgan fingerprint density at radius 1 is 1.22 bits per heavy atom. The molecule has 2 heterocycles. The van der Waals surface area contributed by atoms with Gasteiger partial charge in [-0.05, 0) is 30.5 Å². The number of aromatic nitrogens is 3. The Morgan fingerprint density at radius 2 is 1.93 bits per heavy atom. The fourth-order valence-electron chi connectivity index (χ4n) is 3.10. The molecule has 0 radical (unpaired) electrons. The van der Waals surface area contributed by atoms with Crippen LogP contribution in [0.1, 0.15) is 30.7 Å². The maximum absolute atomic E-state index is 13.0. The van der Waals surface area contributed by atoms with Crippen LogP contribution in [0.4, 0.5) is 17.6 Å². The van der Waals surface area contributed by atoms with Crippen molar-refractivity contribution in [2.24, 2.45) is 0 Å². The second-order valence-corrected chi connectivity index (χ2v) is 6.52. The Hall–Kier alpha value is -2.65. The van der Waals surface area contributed by atoms with Gasteiger partial charge in [0.25, 0.3) is 0 Å². The first-order valence-electron chi connectivity index (χ1n) is 8.48. The number of carbonyl (C=O) groups excluding carboxylic acids is 1. The summed E-state index contributed by atoms with van der Waals surface area (Å²) in [5, 5.41) is 6.66. The minimum Gasteiger partial charge on any atom is -0.353 e. The normalized spacial score (nSPS) is 17.3. The van der Waals surface area contributed by atoms with E-state index in [1.165, 1.54) is 21.4 Å². The summed E-state index contributed by atoms with van der Waals surface area (Å²) in [6.45, 7) is 0.458. The number of amides is 1. The summed E-state index contributed by atoms with van der Waals surface area (Å²) in [6.07, 6.45) is -4.95. The van der Waals surface area contributed by atoms with Gasteiger partial charge in [0.05, 0.1) is 6.54 Å². The molecule has 0 fully saturated rings. The molecule has 1 N–H and O–H groups in total. The second kappa shape index (κ2) is 7.53. The van der Waals surface area contributed by atoms with Crippen molar-refractivity contribution >= 4 is 5.91 Å². The first-order chi connectivity index (χ1) is 12.7. The summed E-state index contributed by atoms with van der Waals surface area (Å²) in [5.74, 6) is -0.916. The third-order valence-corrected chi connectivity index (χ3v) is 4.39. The summed E-state index contributed by atoms with van der Waals surface area (Å²) in [6, 6.07) is 5.30. The number of fused-ring (bicyclic) bond motifs is 1. The number of nitrogens with zero attached hydrogens (tertiary/aromatic N) is 3. The number of halogens is 4. The predicted octanol–water partition coefficient (Wildman–Crippen LogP) is 2.01. The van der Waals surface area contributed by atoms with Crippen LogP contribution in [0.2, 0.25) is 0 Å². The lowest BCUT2D eigenvalue weighted by Crippen LogP contribution is -2.38. The quantitative estimate of drug-likeness (QED) is 0.818. The Labute approximate surface area is 151 Å². The number of aryl methyl sites for hydroxylation is 1. The van der Waals surface area contributed by atoms with Crippen LogP contribution < -0.4 is 11.0 Å². The number of carbonyl (C=O) groups is 1. The molecule has 0 spiro atoms. The van der Waals surface area contributed by atoms with Crippen LogP contribution in [-0.4, -0.2) is 32.5 Å². The van der Waals surface area contributed by atoms with Crippen molar-refractivity contribution in [3.63, 3.8) is 0 Å². The SMILES string of the molecule is O=C(CC(F)(F)F)NC1CCc2nn(Cc3ccc(F)cc3)c(=O)n2CC1. The zero-order valence-electron chi connectivity index (χ0n) is 14.3. The third kappa shape index (κ3) is 4.95. The monoisotopic (exact) mass is 386 g/mol. The van der Waals surface area contributed by atoms with E-state index in [2.05, 4.69) is 10.4 Å². The van der Waals surface area contributed by atoms with Crippen LogP contribution in [0.5, 0.6) is 0 Å². The Bertz CT molecular complexity index is 871. The van der Waals surface area contributed by atoms with E-state index < -0.39 is 24.5 Å². The number of hydrogen-bond donors (Lipinski definition) is 1. The summed E-state index contributed by atoms with van der Waals surface area (Å²) in [4.78, 5) is 24.0. The Morgan fingerprint density at radius 3 is 2.59 bits per heavy atom. The molecular weight excluding hydrogens is 368 g/mol. The van der Waals surface area contributed by atoms with E-state index in [4.69, 9.17) is 0 Å². The van der Waals surface area contributed by atoms with E-state index in [1.807, 2.05) is 0 Å². The topological polar surface area (TPSA) is 68.9 Å². The fourth-order valence-corrected chi connectivity index (χ4v) is 3.10. The van der Waals surface area contributed by atoms with Gasteiger partial charge >= 0.3 is 11.9 Å². The van der Waals surface area contributed by atoms with Crippen LogP contribution in [0.25, 0.3) is 0 Å². The highest BCUT2D eigenvalue weighted by atomic mass is 19.4. The van der Waals surface area contributed by atoms with Gasteiger partial charge in [-0.3, -0.25) is 9.36 Å². The number of alkyl halides is 3. The molecule has 0 saturated carbocycles. The molecule has 146 valence electrons. The maximum atomic E-state index is 13.0. The van der Waals surface area contributed by atoms with Crippen molar-refractivity contribution in [2.75, 3.05) is 0 Å². The molecule has 6 nitrogen and oxygen atoms in total. The summed E-state index contributed by atoms with van der Waals surface area (Å²) >= 11 is 0. The molecule has 1 unspecified atom stereocenters. The molecule has 1 aromatic carbocycles. The number of rotatable bonds is 4. The molecular formula is C17H18F4N4O2. The second-order valence-electron chi connectivity index (χ2n) is 6.52. The summed E-state index contributed by atoms with van der Waals surface area (Å²) < 4.78 is 52.5. The lowest BCUT2D eigenvalue weighted by Gasteiger charge is -2.16. The minimum absolute atomic E-state index is 0.199. The highest BCUT2D eigenvalue weighted by Gasteiger charge is 2.32. The highest BCUT2D eigenvalue weighted by Crippen LogP contribution is 2.20. The Kier molecular flexibility index (Phi) is 5.33. The number of benzene rings is 1.